The Hall–Kier alpha value is -1.27. The van der Waals surface area contributed by atoms with Crippen molar-refractivity contribution in [2.24, 2.45) is 5.73 Å². The van der Waals surface area contributed by atoms with E-state index in [2.05, 4.69) is 4.72 Å². The molecule has 0 saturated heterocycles. The Morgan fingerprint density at radius 3 is 1.76 bits per heavy atom. The molecule has 0 bridgehead atoms. The summed E-state index contributed by atoms with van der Waals surface area (Å²) in [6, 6.07) is 24.6. The molecule has 0 aliphatic carbocycles. The molecule has 3 rings (SSSR count). The number of nitrogens with one attached hydrogen (secondary N) is 1. The molecule has 0 saturated carbocycles. The fourth-order valence-electron chi connectivity index (χ4n) is 2.83. The molecule has 3 N–H and O–H groups in total. The van der Waals surface area contributed by atoms with E-state index >= 15 is 0 Å². The van der Waals surface area contributed by atoms with Crippen molar-refractivity contribution in [2.45, 2.75) is 23.9 Å². The Balaban J connectivity index is 0.000000941. The standard InChI is InChI=1S/C21H22N2O2S.2ClH.Ru/c1-16-12-14-19(15-13-16)26(24,25)23-21(18-10-6-3-7-11-18)20(22)17-8-4-2-5-9-17;;;/h2-15,20-21,23H,22H2,1H3;2*1H;/q;;;+2/p-2. The van der Waals surface area contributed by atoms with Gasteiger partial charge in [0.15, 0.2) is 0 Å². The number of hydrogen-bond acceptors (Lipinski definition) is 3. The van der Waals surface area contributed by atoms with Gasteiger partial charge in [0, 0.05) is 0 Å². The summed E-state index contributed by atoms with van der Waals surface area (Å²) in [7, 11) is 6.00. The zero-order chi connectivity index (χ0) is 21.3. The van der Waals surface area contributed by atoms with Crippen LogP contribution in [0.15, 0.2) is 89.8 Å². The molecule has 0 heterocycles. The minimum atomic E-state index is -3.71. The van der Waals surface area contributed by atoms with Gasteiger partial charge in [0.05, 0.1) is 17.0 Å². The Morgan fingerprint density at radius 1 is 0.828 bits per heavy atom. The average molecular weight is 538 g/mol. The molecular formula is C21H22Cl2N2O2RuS. The fourth-order valence-corrected chi connectivity index (χ4v) is 4.08. The first-order valence-corrected chi connectivity index (χ1v) is 14.6. The fraction of sp³-hybridized carbons (Fsp3) is 0.143. The van der Waals surface area contributed by atoms with Crippen molar-refractivity contribution in [3.05, 3.63) is 102 Å². The van der Waals surface area contributed by atoms with Gasteiger partial charge in [0.2, 0.25) is 10.0 Å². The normalized spacial score (nSPS) is 13.2. The molecule has 156 valence electrons. The molecule has 8 heteroatoms. The van der Waals surface area contributed by atoms with Crippen molar-refractivity contribution in [1.29, 1.82) is 0 Å². The van der Waals surface area contributed by atoms with Crippen LogP contribution in [-0.4, -0.2) is 8.42 Å². The molecule has 0 amide bonds. The van der Waals surface area contributed by atoms with Crippen LogP contribution in [0.5, 0.6) is 0 Å². The molecular weight excluding hydrogens is 516 g/mol. The third-order valence-corrected chi connectivity index (χ3v) is 5.77. The first-order chi connectivity index (χ1) is 13.9. The molecule has 0 fully saturated rings. The van der Waals surface area contributed by atoms with E-state index in [0.717, 1.165) is 16.7 Å². The Bertz CT molecular complexity index is 973. The second kappa shape index (κ2) is 11.8. The van der Waals surface area contributed by atoms with E-state index in [0.29, 0.717) is 0 Å². The quantitative estimate of drug-likeness (QED) is 0.430. The molecule has 3 aromatic rings. The average Bonchev–Trinajstić information content (AvgIpc) is 2.74. The van der Waals surface area contributed by atoms with Crippen molar-refractivity contribution in [3.8, 4) is 0 Å². The third kappa shape index (κ3) is 7.18. The Morgan fingerprint density at radius 2 is 1.28 bits per heavy atom. The van der Waals surface area contributed by atoms with Crippen LogP contribution in [0.2, 0.25) is 0 Å². The minimum absolute atomic E-state index is 0.226. The molecule has 0 spiro atoms. The maximum absolute atomic E-state index is 12.9. The van der Waals surface area contributed by atoms with Crippen LogP contribution >= 0.6 is 19.4 Å². The van der Waals surface area contributed by atoms with Gasteiger partial charge in [0.25, 0.3) is 0 Å². The van der Waals surface area contributed by atoms with E-state index in [9.17, 15) is 8.42 Å². The number of sulfonamides is 1. The maximum atomic E-state index is 12.9. The van der Waals surface area contributed by atoms with E-state index in [4.69, 9.17) is 25.1 Å². The molecule has 4 nitrogen and oxygen atoms in total. The van der Waals surface area contributed by atoms with Gasteiger partial charge in [0.1, 0.15) is 0 Å². The van der Waals surface area contributed by atoms with Gasteiger partial charge in [-0.25, -0.2) is 13.1 Å². The molecule has 0 aromatic heterocycles. The van der Waals surface area contributed by atoms with E-state index in [1.165, 1.54) is 0 Å². The van der Waals surface area contributed by atoms with Gasteiger partial charge < -0.3 is 5.73 Å². The number of hydrogen-bond donors (Lipinski definition) is 2. The SMILES string of the molecule is Cc1ccc(S(=O)(=O)NC(c2ccccc2)C(N)c2ccccc2)cc1.[Cl][Ru][Cl]. The Labute approximate surface area is 188 Å². The van der Waals surface area contributed by atoms with Crippen molar-refractivity contribution >= 4 is 29.4 Å². The molecule has 2 unspecified atom stereocenters. The van der Waals surface area contributed by atoms with Gasteiger partial charge in [-0.1, -0.05) is 78.4 Å². The number of halogens is 2. The van der Waals surface area contributed by atoms with Crippen molar-refractivity contribution in [1.82, 2.24) is 4.72 Å². The summed E-state index contributed by atoms with van der Waals surface area (Å²) in [4.78, 5) is 0.226. The molecule has 2 atom stereocenters. The van der Waals surface area contributed by atoms with Crippen LogP contribution in [0.1, 0.15) is 28.8 Å². The van der Waals surface area contributed by atoms with Crippen molar-refractivity contribution < 1.29 is 23.6 Å². The topological polar surface area (TPSA) is 72.2 Å². The monoisotopic (exact) mass is 538 g/mol. The second-order valence-electron chi connectivity index (χ2n) is 6.31. The molecule has 0 aliphatic heterocycles. The molecule has 0 aliphatic rings. The number of benzene rings is 3. The van der Waals surface area contributed by atoms with E-state index in [1.54, 1.807) is 24.3 Å². The van der Waals surface area contributed by atoms with Crippen LogP contribution in [-0.2, 0) is 25.2 Å². The summed E-state index contributed by atoms with van der Waals surface area (Å²) in [5.41, 5.74) is 9.15. The third-order valence-electron chi connectivity index (χ3n) is 4.32. The van der Waals surface area contributed by atoms with E-state index < -0.39 is 22.1 Å². The van der Waals surface area contributed by atoms with Gasteiger partial charge >= 0.3 is 34.5 Å². The molecule has 3 aromatic carbocycles. The van der Waals surface area contributed by atoms with Crippen molar-refractivity contribution in [3.63, 3.8) is 0 Å². The zero-order valence-corrected chi connectivity index (χ0v) is 19.7. The summed E-state index contributed by atoms with van der Waals surface area (Å²) in [5, 5.41) is 0. The van der Waals surface area contributed by atoms with Crippen LogP contribution < -0.4 is 10.5 Å². The first-order valence-electron chi connectivity index (χ1n) is 8.68. The summed E-state index contributed by atoms with van der Waals surface area (Å²) >= 11 is -0.346. The summed E-state index contributed by atoms with van der Waals surface area (Å²) in [6.07, 6.45) is 0. The van der Waals surface area contributed by atoms with Crippen LogP contribution in [0.3, 0.4) is 0 Å². The summed E-state index contributed by atoms with van der Waals surface area (Å²) < 4.78 is 28.6. The number of rotatable bonds is 6. The van der Waals surface area contributed by atoms with Crippen LogP contribution in [0.4, 0.5) is 0 Å². The van der Waals surface area contributed by atoms with E-state index in [1.807, 2.05) is 67.6 Å². The Kier molecular flexibility index (Phi) is 9.77. The summed E-state index contributed by atoms with van der Waals surface area (Å²) in [5.74, 6) is 0. The predicted octanol–water partition coefficient (Wildman–Crippen LogP) is 5.09. The first kappa shape index (κ1) is 24.0. The van der Waals surface area contributed by atoms with Crippen LogP contribution in [0.25, 0.3) is 0 Å². The number of nitrogens with two attached hydrogens (primary N) is 1. The van der Waals surface area contributed by atoms with Gasteiger partial charge in [-0.3, -0.25) is 0 Å². The molecule has 0 radical (unpaired) electrons. The van der Waals surface area contributed by atoms with E-state index in [-0.39, 0.29) is 20.0 Å². The van der Waals surface area contributed by atoms with Gasteiger partial charge in [-0.2, -0.15) is 0 Å². The summed E-state index contributed by atoms with van der Waals surface area (Å²) in [6.45, 7) is 1.92. The zero-order valence-electron chi connectivity index (χ0n) is 15.6. The van der Waals surface area contributed by atoms with Gasteiger partial charge in [-0.15, -0.1) is 0 Å². The van der Waals surface area contributed by atoms with Crippen LogP contribution in [0, 0.1) is 6.92 Å². The van der Waals surface area contributed by atoms with Gasteiger partial charge in [-0.05, 0) is 30.2 Å². The second-order valence-corrected chi connectivity index (χ2v) is 10.7. The molecule has 29 heavy (non-hydrogen) atoms. The number of aryl methyl sites for hydroxylation is 1. The predicted molar refractivity (Wildman–Crippen MR) is 116 cm³/mol. The van der Waals surface area contributed by atoms with Crippen molar-refractivity contribution in [2.75, 3.05) is 0 Å².